The van der Waals surface area contributed by atoms with Crippen molar-refractivity contribution in [3.63, 3.8) is 0 Å². The minimum absolute atomic E-state index is 0.0532. The highest BCUT2D eigenvalue weighted by atomic mass is 16.6. The first-order valence-corrected chi connectivity index (χ1v) is 5.52. The third-order valence-corrected chi connectivity index (χ3v) is 2.62. The molecule has 1 heterocycles. The number of pyridine rings is 1. The number of aromatic nitrogens is 1. The van der Waals surface area contributed by atoms with E-state index in [1.807, 2.05) is 12.2 Å². The number of aliphatic hydroxyl groups excluding tert-OH is 1. The SMILES string of the molecule is O=[N+]([O-])c1ccc(C=CCCO)c2ccncc12. The Bertz CT molecular complexity index is 608. The van der Waals surface area contributed by atoms with Crippen molar-refractivity contribution in [3.8, 4) is 0 Å². The summed E-state index contributed by atoms with van der Waals surface area (Å²) in [4.78, 5) is 14.4. The van der Waals surface area contributed by atoms with Crippen LogP contribution >= 0.6 is 0 Å². The van der Waals surface area contributed by atoms with E-state index in [4.69, 9.17) is 5.11 Å². The molecule has 1 aromatic carbocycles. The quantitative estimate of drug-likeness (QED) is 0.662. The summed E-state index contributed by atoms with van der Waals surface area (Å²) in [5.41, 5.74) is 0.934. The minimum atomic E-state index is -0.411. The maximum Gasteiger partial charge on any atom is 0.278 e. The Morgan fingerprint density at radius 1 is 1.33 bits per heavy atom. The number of fused-ring (bicyclic) bond motifs is 1. The molecule has 0 atom stereocenters. The summed E-state index contributed by atoms with van der Waals surface area (Å²) in [5.74, 6) is 0. The molecule has 1 aromatic heterocycles. The third-order valence-electron chi connectivity index (χ3n) is 2.62. The first kappa shape index (κ1) is 12.2. The van der Waals surface area contributed by atoms with E-state index in [1.165, 1.54) is 12.3 Å². The highest BCUT2D eigenvalue weighted by molar-refractivity contribution is 5.96. The van der Waals surface area contributed by atoms with Crippen molar-refractivity contribution in [2.75, 3.05) is 6.61 Å². The first-order valence-electron chi connectivity index (χ1n) is 5.52. The van der Waals surface area contributed by atoms with Gasteiger partial charge >= 0.3 is 0 Å². The summed E-state index contributed by atoms with van der Waals surface area (Å²) in [6.07, 6.45) is 7.35. The molecule has 0 aliphatic heterocycles. The van der Waals surface area contributed by atoms with Crippen LogP contribution in [0.25, 0.3) is 16.8 Å². The molecule has 0 unspecified atom stereocenters. The molecule has 0 spiro atoms. The Balaban J connectivity index is 2.57. The number of nitrogens with zero attached hydrogens (tertiary/aromatic N) is 2. The summed E-state index contributed by atoms with van der Waals surface area (Å²) in [6.45, 7) is 0.0863. The lowest BCUT2D eigenvalue weighted by Gasteiger charge is -2.02. The van der Waals surface area contributed by atoms with Gasteiger partial charge in [-0.3, -0.25) is 15.1 Å². The largest absolute Gasteiger partial charge is 0.396 e. The van der Waals surface area contributed by atoms with Crippen LogP contribution in [0.5, 0.6) is 0 Å². The standard InChI is InChI=1S/C13H12N2O3/c16-8-2-1-3-10-4-5-13(15(17)18)12-9-14-7-6-11(10)12/h1,3-7,9,16H,2,8H2. The molecule has 0 aliphatic carbocycles. The Morgan fingerprint density at radius 2 is 2.17 bits per heavy atom. The van der Waals surface area contributed by atoms with Crippen molar-refractivity contribution in [2.24, 2.45) is 0 Å². The zero-order chi connectivity index (χ0) is 13.0. The van der Waals surface area contributed by atoms with Crippen molar-refractivity contribution < 1.29 is 10.0 Å². The molecule has 92 valence electrons. The summed E-state index contributed by atoms with van der Waals surface area (Å²) in [5, 5.41) is 20.9. The topological polar surface area (TPSA) is 76.3 Å². The van der Waals surface area contributed by atoms with E-state index in [0.29, 0.717) is 11.8 Å². The van der Waals surface area contributed by atoms with Crippen LogP contribution in [0.4, 0.5) is 5.69 Å². The van der Waals surface area contributed by atoms with Crippen LogP contribution in [0.15, 0.2) is 36.7 Å². The van der Waals surface area contributed by atoms with Crippen LogP contribution < -0.4 is 0 Å². The van der Waals surface area contributed by atoms with Gasteiger partial charge < -0.3 is 5.11 Å². The summed E-state index contributed by atoms with van der Waals surface area (Å²) in [6, 6.07) is 4.93. The van der Waals surface area contributed by atoms with E-state index in [9.17, 15) is 10.1 Å². The van der Waals surface area contributed by atoms with Crippen LogP contribution in [0, 0.1) is 10.1 Å². The van der Waals surface area contributed by atoms with Gasteiger partial charge in [0.1, 0.15) is 0 Å². The normalized spacial score (nSPS) is 11.2. The fourth-order valence-corrected chi connectivity index (χ4v) is 1.79. The number of nitro groups is 1. The molecule has 0 bridgehead atoms. The molecule has 5 heteroatoms. The summed E-state index contributed by atoms with van der Waals surface area (Å²) >= 11 is 0. The predicted octanol–water partition coefficient (Wildman–Crippen LogP) is 2.54. The smallest absolute Gasteiger partial charge is 0.278 e. The van der Waals surface area contributed by atoms with Crippen molar-refractivity contribution in [2.45, 2.75) is 6.42 Å². The molecular weight excluding hydrogens is 232 g/mol. The zero-order valence-electron chi connectivity index (χ0n) is 9.61. The first-order chi connectivity index (χ1) is 8.74. The van der Waals surface area contributed by atoms with E-state index >= 15 is 0 Å². The Hall–Kier alpha value is -2.27. The lowest BCUT2D eigenvalue weighted by molar-refractivity contribution is -0.383. The van der Waals surface area contributed by atoms with Gasteiger partial charge in [0, 0.05) is 25.1 Å². The second-order valence-corrected chi connectivity index (χ2v) is 3.77. The van der Waals surface area contributed by atoms with Gasteiger partial charge in [-0.1, -0.05) is 12.2 Å². The average molecular weight is 244 g/mol. The average Bonchev–Trinajstić information content (AvgIpc) is 2.38. The lowest BCUT2D eigenvalue weighted by Crippen LogP contribution is -1.91. The molecule has 0 saturated carbocycles. The van der Waals surface area contributed by atoms with Crippen molar-refractivity contribution in [3.05, 3.63) is 52.3 Å². The van der Waals surface area contributed by atoms with Gasteiger partial charge in [-0.05, 0) is 29.5 Å². The van der Waals surface area contributed by atoms with Gasteiger partial charge in [-0.15, -0.1) is 0 Å². The van der Waals surface area contributed by atoms with E-state index in [-0.39, 0.29) is 12.3 Å². The number of nitro benzene ring substituents is 1. The molecule has 0 saturated heterocycles. The number of hydrogen-bond donors (Lipinski definition) is 1. The van der Waals surface area contributed by atoms with Crippen LogP contribution in [-0.2, 0) is 0 Å². The highest BCUT2D eigenvalue weighted by Gasteiger charge is 2.12. The van der Waals surface area contributed by atoms with Crippen LogP contribution in [-0.4, -0.2) is 21.6 Å². The van der Waals surface area contributed by atoms with Gasteiger partial charge in [0.2, 0.25) is 0 Å². The number of benzene rings is 1. The van der Waals surface area contributed by atoms with E-state index in [0.717, 1.165) is 10.9 Å². The minimum Gasteiger partial charge on any atom is -0.396 e. The maximum atomic E-state index is 10.9. The Morgan fingerprint density at radius 3 is 2.89 bits per heavy atom. The maximum absolute atomic E-state index is 10.9. The van der Waals surface area contributed by atoms with Crippen LogP contribution in [0.1, 0.15) is 12.0 Å². The van der Waals surface area contributed by atoms with Gasteiger partial charge in [-0.2, -0.15) is 0 Å². The molecule has 0 fully saturated rings. The summed E-state index contributed by atoms with van der Waals surface area (Å²) in [7, 11) is 0. The van der Waals surface area contributed by atoms with Crippen LogP contribution in [0.2, 0.25) is 0 Å². The molecule has 2 aromatic rings. The van der Waals surface area contributed by atoms with Gasteiger partial charge in [0.05, 0.1) is 10.3 Å². The van der Waals surface area contributed by atoms with Gasteiger partial charge in [-0.25, -0.2) is 0 Å². The van der Waals surface area contributed by atoms with Gasteiger partial charge in [0.25, 0.3) is 5.69 Å². The fraction of sp³-hybridized carbons (Fsp3) is 0.154. The zero-order valence-corrected chi connectivity index (χ0v) is 9.61. The Labute approximate surface area is 104 Å². The fourth-order valence-electron chi connectivity index (χ4n) is 1.79. The van der Waals surface area contributed by atoms with E-state index < -0.39 is 4.92 Å². The van der Waals surface area contributed by atoms with Gasteiger partial charge in [0.15, 0.2) is 0 Å². The van der Waals surface area contributed by atoms with Crippen molar-refractivity contribution >= 4 is 22.5 Å². The second kappa shape index (κ2) is 5.37. The number of aliphatic hydroxyl groups is 1. The number of non-ortho nitro benzene ring substituents is 1. The summed E-state index contributed by atoms with van der Waals surface area (Å²) < 4.78 is 0. The molecule has 1 N–H and O–H groups in total. The van der Waals surface area contributed by atoms with Crippen molar-refractivity contribution in [1.29, 1.82) is 0 Å². The van der Waals surface area contributed by atoms with Crippen LogP contribution in [0.3, 0.4) is 0 Å². The number of hydrogen-bond acceptors (Lipinski definition) is 4. The highest BCUT2D eigenvalue weighted by Crippen LogP contribution is 2.28. The molecule has 0 amide bonds. The third kappa shape index (κ3) is 2.36. The Kier molecular flexibility index (Phi) is 3.64. The molecule has 0 aliphatic rings. The lowest BCUT2D eigenvalue weighted by atomic mass is 10.0. The van der Waals surface area contributed by atoms with E-state index in [2.05, 4.69) is 4.98 Å². The molecule has 2 rings (SSSR count). The second-order valence-electron chi connectivity index (χ2n) is 3.77. The van der Waals surface area contributed by atoms with E-state index in [1.54, 1.807) is 18.3 Å². The predicted molar refractivity (Wildman–Crippen MR) is 69.1 cm³/mol. The molecular formula is C13H12N2O3. The molecule has 18 heavy (non-hydrogen) atoms. The molecule has 5 nitrogen and oxygen atoms in total. The molecule has 0 radical (unpaired) electrons. The van der Waals surface area contributed by atoms with Crippen molar-refractivity contribution in [1.82, 2.24) is 4.98 Å². The number of rotatable bonds is 4. The monoisotopic (exact) mass is 244 g/mol.